The molecule has 3 heteroatoms. The third kappa shape index (κ3) is 2.30. The second-order valence-corrected chi connectivity index (χ2v) is 4.69. The summed E-state index contributed by atoms with van der Waals surface area (Å²) in [5, 5.41) is 4.55. The molecule has 0 radical (unpaired) electrons. The molecule has 3 rings (SSSR count). The molecule has 0 unspecified atom stereocenters. The van der Waals surface area contributed by atoms with Crippen LogP contribution in [-0.2, 0) is 0 Å². The van der Waals surface area contributed by atoms with Gasteiger partial charge in [0.05, 0.1) is 12.6 Å². The largest absolute Gasteiger partial charge is 0.497 e. The molecule has 0 aliphatic rings. The minimum atomic E-state index is 0.838. The molecule has 1 heterocycles. The highest BCUT2D eigenvalue weighted by Crippen LogP contribution is 2.27. The van der Waals surface area contributed by atoms with Crippen molar-refractivity contribution in [3.8, 4) is 5.75 Å². The first-order valence-electron chi connectivity index (χ1n) is 6.53. The van der Waals surface area contributed by atoms with Gasteiger partial charge in [0.1, 0.15) is 5.75 Å². The zero-order chi connectivity index (χ0) is 13.9. The Bertz CT molecular complexity index is 753. The van der Waals surface area contributed by atoms with Crippen molar-refractivity contribution in [3.63, 3.8) is 0 Å². The molecular formula is C17H16N2O. The molecule has 0 aliphatic heterocycles. The number of pyridine rings is 1. The number of nitrogens with one attached hydrogen (secondary N) is 1. The molecule has 0 amide bonds. The highest BCUT2D eigenvalue weighted by Gasteiger charge is 2.04. The molecule has 0 spiro atoms. The molecule has 2 aromatic carbocycles. The molecule has 0 aliphatic carbocycles. The number of para-hydroxylation sites is 1. The lowest BCUT2D eigenvalue weighted by molar-refractivity contribution is 0.415. The average Bonchev–Trinajstić information content (AvgIpc) is 2.49. The van der Waals surface area contributed by atoms with Crippen LogP contribution >= 0.6 is 0 Å². The van der Waals surface area contributed by atoms with Gasteiger partial charge in [-0.25, -0.2) is 0 Å². The van der Waals surface area contributed by atoms with E-state index in [-0.39, 0.29) is 0 Å². The maximum absolute atomic E-state index is 5.25. The second-order valence-electron chi connectivity index (χ2n) is 4.69. The minimum Gasteiger partial charge on any atom is -0.497 e. The summed E-state index contributed by atoms with van der Waals surface area (Å²) in [4.78, 5) is 4.45. The molecule has 0 atom stereocenters. The summed E-state index contributed by atoms with van der Waals surface area (Å²) >= 11 is 0. The molecule has 0 bridgehead atoms. The Balaban J connectivity index is 2.04. The molecule has 3 aromatic rings. The van der Waals surface area contributed by atoms with Crippen molar-refractivity contribution in [1.82, 2.24) is 4.98 Å². The summed E-state index contributed by atoms with van der Waals surface area (Å²) in [5.74, 6) is 0.838. The molecule has 1 aromatic heterocycles. The van der Waals surface area contributed by atoms with Crippen molar-refractivity contribution in [2.24, 2.45) is 0 Å². The number of rotatable bonds is 3. The van der Waals surface area contributed by atoms with Crippen LogP contribution in [0.4, 0.5) is 11.4 Å². The van der Waals surface area contributed by atoms with Crippen molar-refractivity contribution in [2.75, 3.05) is 12.4 Å². The predicted octanol–water partition coefficient (Wildman–Crippen LogP) is 4.30. The lowest BCUT2D eigenvalue weighted by atomic mass is 10.1. The number of aromatic nitrogens is 1. The summed E-state index contributed by atoms with van der Waals surface area (Å²) in [6.07, 6.45) is 1.83. The van der Waals surface area contributed by atoms with Crippen LogP contribution in [0.15, 0.2) is 54.7 Å². The standard InChI is InChI=1S/C17H16N2O/c1-12-5-3-8-15-16(9-10-18-17(12)15)19-13-6-4-7-14(11-13)20-2/h3-11H,1-2H3,(H,18,19). The number of methoxy groups -OCH3 is 1. The van der Waals surface area contributed by atoms with Crippen LogP contribution in [0.25, 0.3) is 10.9 Å². The van der Waals surface area contributed by atoms with E-state index >= 15 is 0 Å². The van der Waals surface area contributed by atoms with Crippen molar-refractivity contribution in [3.05, 3.63) is 60.3 Å². The lowest BCUT2D eigenvalue weighted by Gasteiger charge is -2.11. The van der Waals surface area contributed by atoms with Gasteiger partial charge in [-0.3, -0.25) is 4.98 Å². The zero-order valence-electron chi connectivity index (χ0n) is 11.6. The van der Waals surface area contributed by atoms with E-state index in [0.717, 1.165) is 28.0 Å². The summed E-state index contributed by atoms with van der Waals surface area (Å²) in [6.45, 7) is 2.07. The number of fused-ring (bicyclic) bond motifs is 1. The van der Waals surface area contributed by atoms with Crippen LogP contribution in [0.2, 0.25) is 0 Å². The van der Waals surface area contributed by atoms with E-state index in [2.05, 4.69) is 35.4 Å². The Morgan fingerprint density at radius 2 is 1.90 bits per heavy atom. The normalized spacial score (nSPS) is 10.5. The number of nitrogens with zero attached hydrogens (tertiary/aromatic N) is 1. The summed E-state index contributed by atoms with van der Waals surface area (Å²) in [7, 11) is 1.67. The van der Waals surface area contributed by atoms with Gasteiger partial charge in [0.15, 0.2) is 0 Å². The number of ether oxygens (including phenoxy) is 1. The fraction of sp³-hybridized carbons (Fsp3) is 0.118. The first-order chi connectivity index (χ1) is 9.78. The third-order valence-corrected chi connectivity index (χ3v) is 3.32. The van der Waals surface area contributed by atoms with Crippen LogP contribution in [0.3, 0.4) is 0 Å². The summed E-state index contributed by atoms with van der Waals surface area (Å²) < 4.78 is 5.25. The van der Waals surface area contributed by atoms with Gasteiger partial charge in [-0.2, -0.15) is 0 Å². The van der Waals surface area contributed by atoms with Gasteiger partial charge in [0.2, 0.25) is 0 Å². The van der Waals surface area contributed by atoms with E-state index in [1.54, 1.807) is 7.11 Å². The molecule has 0 fully saturated rings. The van der Waals surface area contributed by atoms with Crippen molar-refractivity contribution in [2.45, 2.75) is 6.92 Å². The van der Waals surface area contributed by atoms with E-state index < -0.39 is 0 Å². The number of aryl methyl sites for hydroxylation is 1. The Kier molecular flexibility index (Phi) is 3.25. The van der Waals surface area contributed by atoms with E-state index in [1.807, 2.05) is 36.5 Å². The van der Waals surface area contributed by atoms with Gasteiger partial charge in [0, 0.05) is 29.0 Å². The zero-order valence-corrected chi connectivity index (χ0v) is 11.6. The quantitative estimate of drug-likeness (QED) is 0.766. The molecule has 0 saturated heterocycles. The highest BCUT2D eigenvalue weighted by molar-refractivity contribution is 5.94. The van der Waals surface area contributed by atoms with Gasteiger partial charge in [0.25, 0.3) is 0 Å². The van der Waals surface area contributed by atoms with Crippen LogP contribution in [0.5, 0.6) is 5.75 Å². The first kappa shape index (κ1) is 12.5. The number of anilines is 2. The molecule has 20 heavy (non-hydrogen) atoms. The van der Waals surface area contributed by atoms with E-state index in [1.165, 1.54) is 5.56 Å². The van der Waals surface area contributed by atoms with Gasteiger partial charge >= 0.3 is 0 Å². The van der Waals surface area contributed by atoms with E-state index in [9.17, 15) is 0 Å². The van der Waals surface area contributed by atoms with Gasteiger partial charge in [-0.1, -0.05) is 24.3 Å². The molecule has 3 nitrogen and oxygen atoms in total. The number of hydrogen-bond acceptors (Lipinski definition) is 3. The van der Waals surface area contributed by atoms with Crippen LogP contribution in [0, 0.1) is 6.92 Å². The van der Waals surface area contributed by atoms with Crippen molar-refractivity contribution >= 4 is 22.3 Å². The maximum atomic E-state index is 5.25. The highest BCUT2D eigenvalue weighted by atomic mass is 16.5. The van der Waals surface area contributed by atoms with Crippen LogP contribution in [-0.4, -0.2) is 12.1 Å². The fourth-order valence-corrected chi connectivity index (χ4v) is 2.29. The molecule has 1 N–H and O–H groups in total. The van der Waals surface area contributed by atoms with Crippen LogP contribution < -0.4 is 10.1 Å². The SMILES string of the molecule is COc1cccc(Nc2ccnc3c(C)cccc23)c1. The topological polar surface area (TPSA) is 34.1 Å². The smallest absolute Gasteiger partial charge is 0.120 e. The Labute approximate surface area is 118 Å². The third-order valence-electron chi connectivity index (χ3n) is 3.32. The van der Waals surface area contributed by atoms with E-state index in [0.29, 0.717) is 0 Å². The Hall–Kier alpha value is -2.55. The van der Waals surface area contributed by atoms with Crippen molar-refractivity contribution < 1.29 is 4.74 Å². The lowest BCUT2D eigenvalue weighted by Crippen LogP contribution is -1.94. The second kappa shape index (κ2) is 5.21. The molecule has 100 valence electrons. The van der Waals surface area contributed by atoms with Gasteiger partial charge in [-0.05, 0) is 30.7 Å². The molecular weight excluding hydrogens is 248 g/mol. The van der Waals surface area contributed by atoms with Crippen molar-refractivity contribution in [1.29, 1.82) is 0 Å². The molecule has 0 saturated carbocycles. The monoisotopic (exact) mass is 264 g/mol. The summed E-state index contributed by atoms with van der Waals surface area (Å²) in [5.41, 5.74) is 4.25. The van der Waals surface area contributed by atoms with Crippen LogP contribution in [0.1, 0.15) is 5.56 Å². The first-order valence-corrected chi connectivity index (χ1v) is 6.53. The number of hydrogen-bond donors (Lipinski definition) is 1. The number of benzene rings is 2. The fourth-order valence-electron chi connectivity index (χ4n) is 2.29. The minimum absolute atomic E-state index is 0.838. The Morgan fingerprint density at radius 3 is 2.75 bits per heavy atom. The summed E-state index contributed by atoms with van der Waals surface area (Å²) in [6, 6.07) is 16.1. The maximum Gasteiger partial charge on any atom is 0.120 e. The predicted molar refractivity (Wildman–Crippen MR) is 82.8 cm³/mol. The van der Waals surface area contributed by atoms with E-state index in [4.69, 9.17) is 4.74 Å². The Morgan fingerprint density at radius 1 is 1.05 bits per heavy atom. The van der Waals surface area contributed by atoms with Gasteiger partial charge in [-0.15, -0.1) is 0 Å². The average molecular weight is 264 g/mol. The van der Waals surface area contributed by atoms with Gasteiger partial charge < -0.3 is 10.1 Å².